The highest BCUT2D eigenvalue weighted by Gasteiger charge is 2.48. The summed E-state index contributed by atoms with van der Waals surface area (Å²) in [5, 5.41) is 0. The molecule has 0 N–H and O–H groups in total. The number of cyclic esters (lactones) is 1. The molecule has 1 unspecified atom stereocenters. The quantitative estimate of drug-likeness (QED) is 0.343. The number of esters is 2. The number of hydrogen-bond acceptors (Lipinski definition) is 5. The molecule has 0 spiro atoms. The molecule has 0 aromatic rings. The summed E-state index contributed by atoms with van der Waals surface area (Å²) in [7, 11) is 0. The fourth-order valence-electron chi connectivity index (χ4n) is 1.06. The molecule has 72 valence electrons. The zero-order chi connectivity index (χ0) is 9.90. The molecule has 1 saturated heterocycles. The lowest BCUT2D eigenvalue weighted by atomic mass is 9.89. The second-order valence-corrected chi connectivity index (χ2v) is 2.98. The summed E-state index contributed by atoms with van der Waals surface area (Å²) in [6.07, 6.45) is 0.769. The Kier molecular flexibility index (Phi) is 2.65. The summed E-state index contributed by atoms with van der Waals surface area (Å²) in [5.74, 6) is -1.27. The molecule has 1 atom stereocenters. The Hall–Kier alpha value is -1.39. The van der Waals surface area contributed by atoms with Gasteiger partial charge < -0.3 is 9.47 Å². The number of carbonyl (C=O) groups excluding carboxylic acids is 3. The number of rotatable bonds is 3. The lowest BCUT2D eigenvalue weighted by molar-refractivity contribution is -0.164. The first-order valence-corrected chi connectivity index (χ1v) is 3.89. The Morgan fingerprint density at radius 1 is 1.77 bits per heavy atom. The summed E-state index contributed by atoms with van der Waals surface area (Å²) >= 11 is 0. The predicted molar refractivity (Wildman–Crippen MR) is 40.7 cm³/mol. The van der Waals surface area contributed by atoms with Gasteiger partial charge in [-0.05, 0) is 6.92 Å². The van der Waals surface area contributed by atoms with Crippen molar-refractivity contribution in [3.63, 3.8) is 0 Å². The molecule has 0 aromatic heterocycles. The molecule has 0 aromatic carbocycles. The van der Waals surface area contributed by atoms with E-state index in [9.17, 15) is 14.4 Å². The van der Waals surface area contributed by atoms with E-state index in [1.807, 2.05) is 0 Å². The van der Waals surface area contributed by atoms with Crippen molar-refractivity contribution in [2.75, 3.05) is 13.2 Å². The van der Waals surface area contributed by atoms with E-state index in [1.165, 1.54) is 6.92 Å². The van der Waals surface area contributed by atoms with Crippen molar-refractivity contribution in [1.29, 1.82) is 0 Å². The van der Waals surface area contributed by atoms with Crippen LogP contribution in [0.5, 0.6) is 0 Å². The topological polar surface area (TPSA) is 69.7 Å². The van der Waals surface area contributed by atoms with Crippen LogP contribution in [-0.2, 0) is 23.9 Å². The van der Waals surface area contributed by atoms with Crippen molar-refractivity contribution >= 4 is 18.2 Å². The van der Waals surface area contributed by atoms with Crippen molar-refractivity contribution in [3.05, 3.63) is 0 Å². The fourth-order valence-corrected chi connectivity index (χ4v) is 1.06. The van der Waals surface area contributed by atoms with Crippen molar-refractivity contribution in [2.24, 2.45) is 5.41 Å². The SMILES string of the molecule is CC1(C(=O)OCC=O)CCOC1=O. The van der Waals surface area contributed by atoms with Gasteiger partial charge in [0.25, 0.3) is 0 Å². The summed E-state index contributed by atoms with van der Waals surface area (Å²) in [6.45, 7) is 1.36. The summed E-state index contributed by atoms with van der Waals surface area (Å²) in [6, 6.07) is 0. The molecule has 1 rings (SSSR count). The Morgan fingerprint density at radius 3 is 2.92 bits per heavy atom. The molecule has 1 heterocycles. The average Bonchev–Trinajstić information content (AvgIpc) is 2.44. The van der Waals surface area contributed by atoms with Crippen LogP contribution < -0.4 is 0 Å². The lowest BCUT2D eigenvalue weighted by Crippen LogP contribution is -2.34. The molecule has 1 aliphatic heterocycles. The zero-order valence-corrected chi connectivity index (χ0v) is 7.24. The molecule has 13 heavy (non-hydrogen) atoms. The van der Waals surface area contributed by atoms with E-state index in [0.29, 0.717) is 12.7 Å². The van der Waals surface area contributed by atoms with Gasteiger partial charge in [0.05, 0.1) is 6.61 Å². The zero-order valence-electron chi connectivity index (χ0n) is 7.24. The van der Waals surface area contributed by atoms with Gasteiger partial charge >= 0.3 is 11.9 Å². The minimum atomic E-state index is -1.22. The van der Waals surface area contributed by atoms with Crippen LogP contribution >= 0.6 is 0 Å². The first-order valence-electron chi connectivity index (χ1n) is 3.89. The van der Waals surface area contributed by atoms with Crippen molar-refractivity contribution in [3.8, 4) is 0 Å². The maximum Gasteiger partial charge on any atom is 0.323 e. The lowest BCUT2D eigenvalue weighted by Gasteiger charge is -2.15. The maximum absolute atomic E-state index is 11.3. The highest BCUT2D eigenvalue weighted by molar-refractivity contribution is 6.00. The highest BCUT2D eigenvalue weighted by Crippen LogP contribution is 2.30. The standard InChI is InChI=1S/C8H10O5/c1-8(2-4-12-6(8)10)7(11)13-5-3-9/h3H,2,4-5H2,1H3. The van der Waals surface area contributed by atoms with Crippen molar-refractivity contribution in [2.45, 2.75) is 13.3 Å². The van der Waals surface area contributed by atoms with Gasteiger partial charge in [0, 0.05) is 6.42 Å². The second-order valence-electron chi connectivity index (χ2n) is 2.98. The van der Waals surface area contributed by atoms with Gasteiger partial charge in [0.1, 0.15) is 6.61 Å². The summed E-state index contributed by atoms with van der Waals surface area (Å²) in [5.41, 5.74) is -1.22. The van der Waals surface area contributed by atoms with Gasteiger partial charge in [0.2, 0.25) is 0 Å². The molecular formula is C8H10O5. The van der Waals surface area contributed by atoms with Crippen LogP contribution in [-0.4, -0.2) is 31.4 Å². The van der Waals surface area contributed by atoms with Crippen LogP contribution in [0.3, 0.4) is 0 Å². The molecular weight excluding hydrogens is 176 g/mol. The van der Waals surface area contributed by atoms with E-state index < -0.39 is 17.4 Å². The third kappa shape index (κ3) is 1.68. The number of carbonyl (C=O) groups is 3. The average molecular weight is 186 g/mol. The van der Waals surface area contributed by atoms with Gasteiger partial charge in [-0.3, -0.25) is 14.4 Å². The van der Waals surface area contributed by atoms with Gasteiger partial charge in [-0.25, -0.2) is 0 Å². The normalized spacial score (nSPS) is 26.7. The first kappa shape index (κ1) is 9.70. The van der Waals surface area contributed by atoms with Crippen LogP contribution in [0.4, 0.5) is 0 Å². The Bertz CT molecular complexity index is 247. The predicted octanol–water partition coefficient (Wildman–Crippen LogP) is -0.318. The second kappa shape index (κ2) is 3.55. The molecule has 0 saturated carbocycles. The van der Waals surface area contributed by atoms with Crippen molar-refractivity contribution in [1.82, 2.24) is 0 Å². The van der Waals surface area contributed by atoms with E-state index in [-0.39, 0.29) is 13.2 Å². The monoisotopic (exact) mass is 186 g/mol. The molecule has 1 fully saturated rings. The van der Waals surface area contributed by atoms with Crippen LogP contribution in [0.15, 0.2) is 0 Å². The van der Waals surface area contributed by atoms with E-state index in [2.05, 4.69) is 9.47 Å². The Labute approximate surface area is 75.0 Å². The fraction of sp³-hybridized carbons (Fsp3) is 0.625. The number of hydrogen-bond donors (Lipinski definition) is 0. The minimum Gasteiger partial charge on any atom is -0.465 e. The first-order chi connectivity index (χ1) is 6.11. The smallest absolute Gasteiger partial charge is 0.323 e. The minimum absolute atomic E-state index is 0.228. The van der Waals surface area contributed by atoms with Crippen LogP contribution in [0.25, 0.3) is 0 Å². The molecule has 5 heteroatoms. The van der Waals surface area contributed by atoms with Crippen molar-refractivity contribution < 1.29 is 23.9 Å². The van der Waals surface area contributed by atoms with E-state index in [0.717, 1.165) is 0 Å². The number of aldehydes is 1. The molecule has 5 nitrogen and oxygen atoms in total. The Balaban J connectivity index is 2.63. The van der Waals surface area contributed by atoms with E-state index >= 15 is 0 Å². The number of ether oxygens (including phenoxy) is 2. The molecule has 0 bridgehead atoms. The van der Waals surface area contributed by atoms with E-state index in [1.54, 1.807) is 0 Å². The van der Waals surface area contributed by atoms with Crippen LogP contribution in [0.2, 0.25) is 0 Å². The third-order valence-electron chi connectivity index (χ3n) is 2.02. The van der Waals surface area contributed by atoms with Crippen LogP contribution in [0, 0.1) is 5.41 Å². The van der Waals surface area contributed by atoms with Gasteiger partial charge in [0.15, 0.2) is 11.7 Å². The van der Waals surface area contributed by atoms with Gasteiger partial charge in [-0.1, -0.05) is 0 Å². The Morgan fingerprint density at radius 2 is 2.46 bits per heavy atom. The third-order valence-corrected chi connectivity index (χ3v) is 2.02. The molecule has 0 aliphatic carbocycles. The molecule has 1 aliphatic rings. The van der Waals surface area contributed by atoms with Gasteiger partial charge in [-0.2, -0.15) is 0 Å². The molecule has 0 radical (unpaired) electrons. The largest absolute Gasteiger partial charge is 0.465 e. The van der Waals surface area contributed by atoms with E-state index in [4.69, 9.17) is 0 Å². The highest BCUT2D eigenvalue weighted by atomic mass is 16.6. The van der Waals surface area contributed by atoms with Crippen LogP contribution in [0.1, 0.15) is 13.3 Å². The van der Waals surface area contributed by atoms with Gasteiger partial charge in [-0.15, -0.1) is 0 Å². The summed E-state index contributed by atoms with van der Waals surface area (Å²) < 4.78 is 9.18. The summed E-state index contributed by atoms with van der Waals surface area (Å²) in [4.78, 5) is 32.3. The maximum atomic E-state index is 11.3. The molecule has 0 amide bonds.